The fourth-order valence-corrected chi connectivity index (χ4v) is 3.29. The standard InChI is InChI=1S/C23H18N2O3/c1-24(16-10-4-2-5-11-16)22(27)20-21(26)18-14-8-9-15-19(18)25(23(20)28)17-12-6-3-7-13-17/h2-15,26H,1H3. The lowest BCUT2D eigenvalue weighted by atomic mass is 10.1. The number of anilines is 1. The highest BCUT2D eigenvalue weighted by molar-refractivity contribution is 6.10. The number of aromatic nitrogens is 1. The Balaban J connectivity index is 2.00. The molecule has 0 atom stereocenters. The van der Waals surface area contributed by atoms with Crippen molar-refractivity contribution in [1.29, 1.82) is 0 Å². The van der Waals surface area contributed by atoms with Crippen molar-refractivity contribution in [3.8, 4) is 11.4 Å². The Hall–Kier alpha value is -3.86. The number of fused-ring (bicyclic) bond motifs is 1. The van der Waals surface area contributed by atoms with E-state index in [-0.39, 0.29) is 11.3 Å². The van der Waals surface area contributed by atoms with Crippen molar-refractivity contribution >= 4 is 22.5 Å². The lowest BCUT2D eigenvalue weighted by Crippen LogP contribution is -2.34. The number of hydrogen-bond donors (Lipinski definition) is 1. The molecule has 3 aromatic carbocycles. The number of aromatic hydroxyl groups is 1. The van der Waals surface area contributed by atoms with Crippen LogP contribution in [-0.4, -0.2) is 22.6 Å². The predicted octanol–water partition coefficient (Wildman–Crippen LogP) is 3.97. The number of amides is 1. The summed E-state index contributed by atoms with van der Waals surface area (Å²) in [5.41, 5.74) is 0.977. The summed E-state index contributed by atoms with van der Waals surface area (Å²) in [7, 11) is 1.58. The molecule has 0 aliphatic heterocycles. The molecule has 0 spiro atoms. The summed E-state index contributed by atoms with van der Waals surface area (Å²) in [5.74, 6) is -0.871. The van der Waals surface area contributed by atoms with Crippen LogP contribution in [0.2, 0.25) is 0 Å². The third-order valence-electron chi connectivity index (χ3n) is 4.73. The highest BCUT2D eigenvalue weighted by atomic mass is 16.3. The van der Waals surface area contributed by atoms with Gasteiger partial charge in [-0.25, -0.2) is 0 Å². The summed E-state index contributed by atoms with van der Waals surface area (Å²) in [6, 6.07) is 25.1. The quantitative estimate of drug-likeness (QED) is 0.593. The number of rotatable bonds is 3. The number of nitrogens with zero attached hydrogens (tertiary/aromatic N) is 2. The van der Waals surface area contributed by atoms with E-state index in [4.69, 9.17) is 0 Å². The lowest BCUT2D eigenvalue weighted by molar-refractivity contribution is 0.0989. The van der Waals surface area contributed by atoms with E-state index < -0.39 is 11.5 Å². The Labute approximate surface area is 161 Å². The number of pyridine rings is 1. The molecule has 4 aromatic rings. The van der Waals surface area contributed by atoms with Crippen molar-refractivity contribution < 1.29 is 9.90 Å². The molecule has 0 radical (unpaired) electrons. The maximum Gasteiger partial charge on any atom is 0.272 e. The molecule has 1 aromatic heterocycles. The second kappa shape index (κ2) is 7.04. The second-order valence-electron chi connectivity index (χ2n) is 6.42. The average Bonchev–Trinajstić information content (AvgIpc) is 2.74. The SMILES string of the molecule is CN(C(=O)c1c(O)c2ccccc2n(-c2ccccc2)c1=O)c1ccccc1. The molecule has 0 saturated heterocycles. The molecule has 0 aliphatic carbocycles. The van der Waals surface area contributed by atoms with Crippen molar-refractivity contribution in [2.75, 3.05) is 11.9 Å². The molecular weight excluding hydrogens is 352 g/mol. The summed E-state index contributed by atoms with van der Waals surface area (Å²) in [5, 5.41) is 11.2. The molecule has 5 nitrogen and oxygen atoms in total. The number of hydrogen-bond acceptors (Lipinski definition) is 3. The van der Waals surface area contributed by atoms with E-state index in [0.717, 1.165) is 0 Å². The van der Waals surface area contributed by atoms with Gasteiger partial charge in [0, 0.05) is 23.8 Å². The second-order valence-corrected chi connectivity index (χ2v) is 6.42. The molecular formula is C23H18N2O3. The highest BCUT2D eigenvalue weighted by Crippen LogP contribution is 2.29. The van der Waals surface area contributed by atoms with Crippen LogP contribution < -0.4 is 10.5 Å². The zero-order valence-corrected chi connectivity index (χ0v) is 15.2. The number of carbonyl (C=O) groups excluding carboxylic acids is 1. The zero-order chi connectivity index (χ0) is 19.7. The zero-order valence-electron chi connectivity index (χ0n) is 15.2. The van der Waals surface area contributed by atoms with Crippen LogP contribution in [0.5, 0.6) is 5.75 Å². The van der Waals surface area contributed by atoms with E-state index in [1.165, 1.54) is 9.47 Å². The molecule has 0 fully saturated rings. The van der Waals surface area contributed by atoms with E-state index in [1.807, 2.05) is 36.4 Å². The molecule has 138 valence electrons. The highest BCUT2D eigenvalue weighted by Gasteiger charge is 2.25. The van der Waals surface area contributed by atoms with Crippen LogP contribution in [0, 0.1) is 0 Å². The third-order valence-corrected chi connectivity index (χ3v) is 4.73. The lowest BCUT2D eigenvalue weighted by Gasteiger charge is -2.20. The summed E-state index contributed by atoms with van der Waals surface area (Å²) < 4.78 is 1.46. The van der Waals surface area contributed by atoms with Crippen molar-refractivity contribution in [3.05, 3.63) is 101 Å². The van der Waals surface area contributed by atoms with Gasteiger partial charge in [0.1, 0.15) is 11.3 Å². The Morgan fingerprint density at radius 2 is 1.43 bits per heavy atom. The molecule has 0 unspecified atom stereocenters. The van der Waals surface area contributed by atoms with Crippen LogP contribution in [0.4, 0.5) is 5.69 Å². The first-order valence-electron chi connectivity index (χ1n) is 8.85. The largest absolute Gasteiger partial charge is 0.506 e. The van der Waals surface area contributed by atoms with Gasteiger partial charge in [-0.15, -0.1) is 0 Å². The van der Waals surface area contributed by atoms with Gasteiger partial charge in [0.2, 0.25) is 0 Å². The van der Waals surface area contributed by atoms with Crippen molar-refractivity contribution in [2.24, 2.45) is 0 Å². The monoisotopic (exact) mass is 370 g/mol. The summed E-state index contributed by atoms with van der Waals surface area (Å²) in [6.45, 7) is 0. The molecule has 1 amide bonds. The van der Waals surface area contributed by atoms with Crippen LogP contribution in [-0.2, 0) is 0 Å². The summed E-state index contributed by atoms with van der Waals surface area (Å²) >= 11 is 0. The van der Waals surface area contributed by atoms with Gasteiger partial charge in [-0.05, 0) is 36.4 Å². The number of benzene rings is 3. The predicted molar refractivity (Wildman–Crippen MR) is 110 cm³/mol. The van der Waals surface area contributed by atoms with Crippen LogP contribution in [0.15, 0.2) is 89.7 Å². The first kappa shape index (κ1) is 17.5. The maximum absolute atomic E-state index is 13.3. The first-order valence-corrected chi connectivity index (χ1v) is 8.85. The Bertz CT molecular complexity index is 1220. The van der Waals surface area contributed by atoms with Crippen LogP contribution >= 0.6 is 0 Å². The van der Waals surface area contributed by atoms with Crippen molar-refractivity contribution in [1.82, 2.24) is 4.57 Å². The van der Waals surface area contributed by atoms with Crippen molar-refractivity contribution in [2.45, 2.75) is 0 Å². The Kier molecular flexibility index (Phi) is 4.41. The molecule has 0 bridgehead atoms. The van der Waals surface area contributed by atoms with E-state index in [0.29, 0.717) is 22.3 Å². The summed E-state index contributed by atoms with van der Waals surface area (Å²) in [6.07, 6.45) is 0. The van der Waals surface area contributed by atoms with Gasteiger partial charge in [0.15, 0.2) is 0 Å². The minimum Gasteiger partial charge on any atom is -0.506 e. The molecule has 0 aliphatic rings. The molecule has 1 N–H and O–H groups in total. The molecule has 5 heteroatoms. The Morgan fingerprint density at radius 1 is 0.857 bits per heavy atom. The summed E-state index contributed by atoms with van der Waals surface area (Å²) in [4.78, 5) is 27.9. The van der Waals surface area contributed by atoms with E-state index in [2.05, 4.69) is 0 Å². The van der Waals surface area contributed by atoms with Gasteiger partial charge >= 0.3 is 0 Å². The maximum atomic E-state index is 13.3. The van der Waals surface area contributed by atoms with Crippen LogP contribution in [0.1, 0.15) is 10.4 Å². The molecule has 1 heterocycles. The average molecular weight is 370 g/mol. The van der Waals surface area contributed by atoms with Gasteiger partial charge in [-0.2, -0.15) is 0 Å². The smallest absolute Gasteiger partial charge is 0.272 e. The third kappa shape index (κ3) is 2.83. The van der Waals surface area contributed by atoms with E-state index in [1.54, 1.807) is 55.6 Å². The van der Waals surface area contributed by atoms with Gasteiger partial charge in [0.25, 0.3) is 11.5 Å². The Morgan fingerprint density at radius 3 is 2.11 bits per heavy atom. The van der Waals surface area contributed by atoms with Crippen LogP contribution in [0.3, 0.4) is 0 Å². The fraction of sp³-hybridized carbons (Fsp3) is 0.0435. The van der Waals surface area contributed by atoms with Gasteiger partial charge < -0.3 is 10.0 Å². The van der Waals surface area contributed by atoms with Gasteiger partial charge in [0.05, 0.1) is 5.52 Å². The minimum atomic E-state index is -0.566. The number of para-hydroxylation sites is 3. The van der Waals surface area contributed by atoms with Gasteiger partial charge in [-0.1, -0.05) is 48.5 Å². The van der Waals surface area contributed by atoms with E-state index >= 15 is 0 Å². The fourth-order valence-electron chi connectivity index (χ4n) is 3.29. The molecule has 28 heavy (non-hydrogen) atoms. The van der Waals surface area contributed by atoms with Gasteiger partial charge in [-0.3, -0.25) is 14.2 Å². The molecule has 0 saturated carbocycles. The van der Waals surface area contributed by atoms with Crippen LogP contribution in [0.25, 0.3) is 16.6 Å². The first-order chi connectivity index (χ1) is 13.6. The normalized spacial score (nSPS) is 10.8. The van der Waals surface area contributed by atoms with E-state index in [9.17, 15) is 14.7 Å². The van der Waals surface area contributed by atoms with Crippen molar-refractivity contribution in [3.63, 3.8) is 0 Å². The number of carbonyl (C=O) groups is 1. The topological polar surface area (TPSA) is 62.5 Å². The minimum absolute atomic E-state index is 0.256. The molecule has 4 rings (SSSR count).